The molecule has 1 fully saturated rings. The van der Waals surface area contributed by atoms with Crippen LogP contribution < -0.4 is 5.32 Å². The van der Waals surface area contributed by atoms with E-state index >= 15 is 0 Å². The molecule has 1 saturated heterocycles. The van der Waals surface area contributed by atoms with Crippen LogP contribution in [0.25, 0.3) is 0 Å². The molecule has 1 heterocycles. The molecule has 1 N–H and O–H groups in total. The van der Waals surface area contributed by atoms with E-state index in [4.69, 9.17) is 10.7 Å². The molecular formula is C13H12ClF4NO3S. The second-order valence-corrected chi connectivity index (χ2v) is 7.75. The highest BCUT2D eigenvalue weighted by Gasteiger charge is 2.48. The van der Waals surface area contributed by atoms with Gasteiger partial charge in [0.2, 0.25) is 5.78 Å². The van der Waals surface area contributed by atoms with Crippen molar-refractivity contribution in [2.45, 2.75) is 23.4 Å². The van der Waals surface area contributed by atoms with E-state index in [1.54, 1.807) is 0 Å². The van der Waals surface area contributed by atoms with Crippen LogP contribution in [0.4, 0.5) is 17.6 Å². The summed E-state index contributed by atoms with van der Waals surface area (Å²) in [5.74, 6) is -5.69. The van der Waals surface area contributed by atoms with Crippen molar-refractivity contribution in [3.63, 3.8) is 0 Å². The van der Waals surface area contributed by atoms with E-state index in [1.165, 1.54) is 0 Å². The summed E-state index contributed by atoms with van der Waals surface area (Å²) in [6.07, 6.45) is -4.95. The van der Waals surface area contributed by atoms with Crippen LogP contribution in [0.3, 0.4) is 0 Å². The normalized spacial score (nSPS) is 20.5. The van der Waals surface area contributed by atoms with E-state index < -0.39 is 49.1 Å². The first-order valence-corrected chi connectivity index (χ1v) is 8.88. The van der Waals surface area contributed by atoms with Gasteiger partial charge in [0.1, 0.15) is 5.82 Å². The molecular weight excluding hydrogens is 362 g/mol. The van der Waals surface area contributed by atoms with Gasteiger partial charge in [0.15, 0.2) is 0 Å². The van der Waals surface area contributed by atoms with Gasteiger partial charge in [0, 0.05) is 10.7 Å². The van der Waals surface area contributed by atoms with E-state index in [-0.39, 0.29) is 13.0 Å². The molecule has 1 unspecified atom stereocenters. The van der Waals surface area contributed by atoms with Crippen LogP contribution in [-0.2, 0) is 13.8 Å². The van der Waals surface area contributed by atoms with Gasteiger partial charge in [-0.2, -0.15) is 13.2 Å². The van der Waals surface area contributed by atoms with Crippen LogP contribution in [0.5, 0.6) is 0 Å². The van der Waals surface area contributed by atoms with Gasteiger partial charge in [0.05, 0.1) is 10.8 Å². The molecule has 0 saturated carbocycles. The van der Waals surface area contributed by atoms with Crippen molar-refractivity contribution in [1.82, 2.24) is 5.32 Å². The Morgan fingerprint density at radius 2 is 2.00 bits per heavy atom. The Kier molecular flexibility index (Phi) is 5.03. The summed E-state index contributed by atoms with van der Waals surface area (Å²) in [7, 11) is 0.789. The van der Waals surface area contributed by atoms with Gasteiger partial charge < -0.3 is 5.32 Å². The molecule has 0 spiro atoms. The zero-order valence-corrected chi connectivity index (χ0v) is 13.1. The van der Waals surface area contributed by atoms with E-state index in [9.17, 15) is 30.8 Å². The van der Waals surface area contributed by atoms with Gasteiger partial charge in [-0.3, -0.25) is 4.79 Å². The highest BCUT2D eigenvalue weighted by Crippen LogP contribution is 2.39. The summed E-state index contributed by atoms with van der Waals surface area (Å²) in [5.41, 5.74) is -0.559. The molecule has 0 amide bonds. The lowest BCUT2D eigenvalue weighted by atomic mass is 9.82. The SMILES string of the molecule is O=C(C(c1cc(F)ccc1S(=O)(=O)Cl)[C@H]1CCNC1)C(F)(F)F. The Labute approximate surface area is 134 Å². The van der Waals surface area contributed by atoms with Crippen molar-refractivity contribution >= 4 is 25.5 Å². The van der Waals surface area contributed by atoms with Gasteiger partial charge in [-0.15, -0.1) is 0 Å². The van der Waals surface area contributed by atoms with Crippen molar-refractivity contribution in [3.8, 4) is 0 Å². The van der Waals surface area contributed by atoms with Crippen molar-refractivity contribution < 1.29 is 30.8 Å². The first-order valence-electron chi connectivity index (χ1n) is 6.57. The molecule has 1 aliphatic rings. The predicted octanol–water partition coefficient (Wildman–Crippen LogP) is 2.58. The Bertz CT molecular complexity index is 714. The third-order valence-electron chi connectivity index (χ3n) is 3.70. The molecule has 0 aromatic heterocycles. The summed E-state index contributed by atoms with van der Waals surface area (Å²) >= 11 is 0. The zero-order chi connectivity index (χ0) is 17.4. The number of hydrogen-bond donors (Lipinski definition) is 1. The first kappa shape index (κ1) is 18.2. The predicted molar refractivity (Wildman–Crippen MR) is 74.2 cm³/mol. The van der Waals surface area contributed by atoms with Crippen molar-refractivity contribution in [2.24, 2.45) is 5.92 Å². The fraction of sp³-hybridized carbons (Fsp3) is 0.462. The molecule has 2 atom stereocenters. The number of hydrogen-bond acceptors (Lipinski definition) is 4. The number of alkyl halides is 3. The van der Waals surface area contributed by atoms with Crippen LogP contribution in [0.2, 0.25) is 0 Å². The van der Waals surface area contributed by atoms with Crippen LogP contribution in [-0.4, -0.2) is 33.5 Å². The first-order chi connectivity index (χ1) is 10.5. The highest BCUT2D eigenvalue weighted by atomic mass is 35.7. The minimum absolute atomic E-state index is 0.0881. The van der Waals surface area contributed by atoms with Gasteiger partial charge in [-0.05, 0) is 49.2 Å². The standard InChI is InChI=1S/C13H12ClF4NO3S/c14-23(21,22)10-2-1-8(15)5-9(10)11(7-3-4-19-6-7)12(20)13(16,17)18/h1-2,5,7,11,19H,3-4,6H2/t7-,11?/m0/s1. The lowest BCUT2D eigenvalue weighted by Gasteiger charge is -2.24. The molecule has 1 aliphatic heterocycles. The monoisotopic (exact) mass is 373 g/mol. The minimum atomic E-state index is -5.17. The number of benzene rings is 1. The van der Waals surface area contributed by atoms with E-state index in [2.05, 4.69) is 5.32 Å². The second-order valence-electron chi connectivity index (χ2n) is 5.21. The van der Waals surface area contributed by atoms with E-state index in [0.29, 0.717) is 12.6 Å². The number of rotatable bonds is 4. The summed E-state index contributed by atoms with van der Waals surface area (Å²) < 4.78 is 75.4. The van der Waals surface area contributed by atoms with Gasteiger partial charge in [-0.1, -0.05) is 0 Å². The van der Waals surface area contributed by atoms with Gasteiger partial charge in [0.25, 0.3) is 9.05 Å². The Balaban J connectivity index is 2.64. The molecule has 0 radical (unpaired) electrons. The van der Waals surface area contributed by atoms with Crippen LogP contribution >= 0.6 is 10.7 Å². The van der Waals surface area contributed by atoms with Crippen molar-refractivity contribution in [3.05, 3.63) is 29.6 Å². The maximum Gasteiger partial charge on any atom is 0.450 e. The Morgan fingerprint density at radius 3 is 2.48 bits per heavy atom. The molecule has 128 valence electrons. The molecule has 4 nitrogen and oxygen atoms in total. The molecule has 1 aromatic rings. The summed E-state index contributed by atoms with van der Waals surface area (Å²) in [5, 5.41) is 2.81. The number of carbonyl (C=O) groups excluding carboxylic acids is 1. The fourth-order valence-electron chi connectivity index (χ4n) is 2.73. The number of carbonyl (C=O) groups is 1. The molecule has 2 rings (SSSR count). The van der Waals surface area contributed by atoms with Crippen LogP contribution in [0, 0.1) is 11.7 Å². The van der Waals surface area contributed by atoms with Crippen LogP contribution in [0.15, 0.2) is 23.1 Å². The third-order valence-corrected chi connectivity index (χ3v) is 5.10. The summed E-state index contributed by atoms with van der Waals surface area (Å²) in [6.45, 7) is 0.468. The highest BCUT2D eigenvalue weighted by molar-refractivity contribution is 8.13. The van der Waals surface area contributed by atoms with E-state index in [1.807, 2.05) is 0 Å². The fourth-order valence-corrected chi connectivity index (χ4v) is 3.85. The average Bonchev–Trinajstić information content (AvgIpc) is 2.90. The maximum absolute atomic E-state index is 13.5. The Hall–Kier alpha value is -1.19. The number of halogens is 5. The maximum atomic E-state index is 13.5. The zero-order valence-electron chi connectivity index (χ0n) is 11.5. The lowest BCUT2D eigenvalue weighted by molar-refractivity contribution is -0.174. The average molecular weight is 374 g/mol. The molecule has 1 aromatic carbocycles. The minimum Gasteiger partial charge on any atom is -0.316 e. The van der Waals surface area contributed by atoms with Crippen molar-refractivity contribution in [2.75, 3.05) is 13.1 Å². The van der Waals surface area contributed by atoms with E-state index in [0.717, 1.165) is 12.1 Å². The van der Waals surface area contributed by atoms with Crippen LogP contribution in [0.1, 0.15) is 17.9 Å². The quantitative estimate of drug-likeness (QED) is 0.651. The molecule has 23 heavy (non-hydrogen) atoms. The molecule has 0 aliphatic carbocycles. The third kappa shape index (κ3) is 4.02. The number of ketones is 1. The lowest BCUT2D eigenvalue weighted by Crippen LogP contribution is -2.35. The molecule has 10 heteroatoms. The Morgan fingerprint density at radius 1 is 1.35 bits per heavy atom. The topological polar surface area (TPSA) is 63.2 Å². The molecule has 0 bridgehead atoms. The summed E-state index contributed by atoms with van der Waals surface area (Å²) in [6, 6.07) is 2.16. The van der Waals surface area contributed by atoms with Gasteiger partial charge in [-0.25, -0.2) is 12.8 Å². The summed E-state index contributed by atoms with van der Waals surface area (Å²) in [4.78, 5) is 11.1. The van der Waals surface area contributed by atoms with Gasteiger partial charge >= 0.3 is 6.18 Å². The number of Topliss-reactive ketones (excluding diaryl/α,β-unsaturated/α-hetero) is 1. The smallest absolute Gasteiger partial charge is 0.316 e. The number of nitrogens with one attached hydrogen (secondary N) is 1. The van der Waals surface area contributed by atoms with Crippen molar-refractivity contribution in [1.29, 1.82) is 0 Å². The largest absolute Gasteiger partial charge is 0.450 e. The second kappa shape index (κ2) is 6.37.